The fourth-order valence-electron chi connectivity index (χ4n) is 1.46. The summed E-state index contributed by atoms with van der Waals surface area (Å²) < 4.78 is 45.6. The highest BCUT2D eigenvalue weighted by Crippen LogP contribution is 2.36. The zero-order valence-electron chi connectivity index (χ0n) is 9.69. The molecule has 2 rings (SSSR count). The van der Waals surface area contributed by atoms with E-state index in [1.807, 2.05) is 0 Å². The number of methoxy groups -OCH3 is 1. The number of ether oxygens (including phenoxy) is 2. The molecule has 0 aliphatic rings. The molecule has 0 aliphatic carbocycles. The molecule has 102 valence electrons. The molecule has 0 radical (unpaired) electrons. The molecular formula is C11H9F3N2O2S. The SMILES string of the molecule is COc1ccc(-c2csc(N)n2)cc1OC(F)(F)F. The van der Waals surface area contributed by atoms with Gasteiger partial charge >= 0.3 is 6.36 Å². The molecule has 0 fully saturated rings. The number of benzene rings is 1. The third kappa shape index (κ3) is 3.28. The second-order valence-electron chi connectivity index (χ2n) is 3.48. The Labute approximate surface area is 110 Å². The minimum Gasteiger partial charge on any atom is -0.493 e. The van der Waals surface area contributed by atoms with Crippen molar-refractivity contribution >= 4 is 16.5 Å². The number of anilines is 1. The van der Waals surface area contributed by atoms with Crippen molar-refractivity contribution in [3.8, 4) is 22.8 Å². The van der Waals surface area contributed by atoms with Crippen LogP contribution in [-0.2, 0) is 0 Å². The van der Waals surface area contributed by atoms with Crippen molar-refractivity contribution in [3.05, 3.63) is 23.6 Å². The third-order valence-corrected chi connectivity index (χ3v) is 2.88. The van der Waals surface area contributed by atoms with E-state index in [9.17, 15) is 13.2 Å². The fourth-order valence-corrected chi connectivity index (χ4v) is 2.03. The van der Waals surface area contributed by atoms with Crippen LogP contribution in [0.5, 0.6) is 11.5 Å². The lowest BCUT2D eigenvalue weighted by Crippen LogP contribution is -2.17. The normalized spacial score (nSPS) is 11.4. The van der Waals surface area contributed by atoms with Crippen LogP contribution in [-0.4, -0.2) is 18.5 Å². The summed E-state index contributed by atoms with van der Waals surface area (Å²) in [7, 11) is 1.26. The predicted molar refractivity (Wildman–Crippen MR) is 65.2 cm³/mol. The molecule has 0 bridgehead atoms. The van der Waals surface area contributed by atoms with Gasteiger partial charge in [0.1, 0.15) is 0 Å². The summed E-state index contributed by atoms with van der Waals surface area (Å²) in [6.45, 7) is 0. The number of aromatic nitrogens is 1. The van der Waals surface area contributed by atoms with Gasteiger partial charge in [0.2, 0.25) is 0 Å². The molecular weight excluding hydrogens is 281 g/mol. The zero-order chi connectivity index (χ0) is 14.0. The molecule has 8 heteroatoms. The first-order valence-electron chi connectivity index (χ1n) is 5.04. The molecule has 0 amide bonds. The molecule has 19 heavy (non-hydrogen) atoms. The monoisotopic (exact) mass is 290 g/mol. The summed E-state index contributed by atoms with van der Waals surface area (Å²) in [5.41, 5.74) is 6.43. The van der Waals surface area contributed by atoms with Crippen LogP contribution in [0.2, 0.25) is 0 Å². The Hall–Kier alpha value is -1.96. The third-order valence-electron chi connectivity index (χ3n) is 2.21. The first kappa shape index (κ1) is 13.5. The molecule has 4 nitrogen and oxygen atoms in total. The number of hydrogen-bond donors (Lipinski definition) is 1. The van der Waals surface area contributed by atoms with Crippen molar-refractivity contribution in [2.24, 2.45) is 0 Å². The van der Waals surface area contributed by atoms with Crippen molar-refractivity contribution in [2.75, 3.05) is 12.8 Å². The zero-order valence-corrected chi connectivity index (χ0v) is 10.5. The van der Waals surface area contributed by atoms with E-state index in [1.54, 1.807) is 11.4 Å². The number of thiazole rings is 1. The fraction of sp³-hybridized carbons (Fsp3) is 0.182. The van der Waals surface area contributed by atoms with Gasteiger partial charge in [-0.1, -0.05) is 0 Å². The second kappa shape index (κ2) is 4.96. The minimum atomic E-state index is -4.78. The Morgan fingerprint density at radius 1 is 1.26 bits per heavy atom. The van der Waals surface area contributed by atoms with Crippen LogP contribution in [0.25, 0.3) is 11.3 Å². The number of nitrogens with zero attached hydrogens (tertiary/aromatic N) is 1. The number of nitrogen functional groups attached to an aromatic ring is 1. The summed E-state index contributed by atoms with van der Waals surface area (Å²) in [4.78, 5) is 3.99. The second-order valence-corrected chi connectivity index (χ2v) is 4.37. The molecule has 2 aromatic rings. The van der Waals surface area contributed by atoms with Gasteiger partial charge in [-0.3, -0.25) is 0 Å². The Bertz CT molecular complexity index is 584. The quantitative estimate of drug-likeness (QED) is 0.942. The maximum Gasteiger partial charge on any atom is 0.573 e. The van der Waals surface area contributed by atoms with Gasteiger partial charge in [0.15, 0.2) is 16.6 Å². The van der Waals surface area contributed by atoms with E-state index in [2.05, 4.69) is 9.72 Å². The van der Waals surface area contributed by atoms with Gasteiger partial charge in [0, 0.05) is 10.9 Å². The van der Waals surface area contributed by atoms with Crippen LogP contribution in [0.4, 0.5) is 18.3 Å². The highest BCUT2D eigenvalue weighted by atomic mass is 32.1. The first-order valence-corrected chi connectivity index (χ1v) is 5.92. The first-order chi connectivity index (χ1) is 8.89. The van der Waals surface area contributed by atoms with Gasteiger partial charge in [-0.2, -0.15) is 0 Å². The van der Waals surface area contributed by atoms with Crippen molar-refractivity contribution in [1.82, 2.24) is 4.98 Å². The van der Waals surface area contributed by atoms with Crippen LogP contribution < -0.4 is 15.2 Å². The van der Waals surface area contributed by atoms with Gasteiger partial charge in [0.25, 0.3) is 0 Å². The molecule has 0 unspecified atom stereocenters. The summed E-state index contributed by atoms with van der Waals surface area (Å²) >= 11 is 1.20. The van der Waals surface area contributed by atoms with Crippen LogP contribution in [0, 0.1) is 0 Å². The molecule has 0 saturated carbocycles. The van der Waals surface area contributed by atoms with E-state index < -0.39 is 12.1 Å². The van der Waals surface area contributed by atoms with E-state index in [1.165, 1.54) is 30.6 Å². The van der Waals surface area contributed by atoms with Gasteiger partial charge in [0.05, 0.1) is 12.8 Å². The van der Waals surface area contributed by atoms with Crippen LogP contribution in [0.15, 0.2) is 23.6 Å². The number of nitrogens with two attached hydrogens (primary N) is 1. The summed E-state index contributed by atoms with van der Waals surface area (Å²) in [6, 6.07) is 4.17. The minimum absolute atomic E-state index is 0.00993. The molecule has 0 aliphatic heterocycles. The van der Waals surface area contributed by atoms with E-state index in [0.29, 0.717) is 16.4 Å². The lowest BCUT2D eigenvalue weighted by Gasteiger charge is -2.13. The smallest absolute Gasteiger partial charge is 0.493 e. The average molecular weight is 290 g/mol. The number of halogens is 3. The van der Waals surface area contributed by atoms with Gasteiger partial charge in [-0.25, -0.2) is 4.98 Å². The molecule has 0 spiro atoms. The highest BCUT2D eigenvalue weighted by molar-refractivity contribution is 7.13. The lowest BCUT2D eigenvalue weighted by atomic mass is 10.1. The predicted octanol–water partition coefficient (Wildman–Crippen LogP) is 3.30. The van der Waals surface area contributed by atoms with E-state index >= 15 is 0 Å². The summed E-state index contributed by atoms with van der Waals surface area (Å²) in [5.74, 6) is -0.427. The van der Waals surface area contributed by atoms with Crippen LogP contribution in [0.3, 0.4) is 0 Å². The number of hydrogen-bond acceptors (Lipinski definition) is 5. The average Bonchev–Trinajstić information content (AvgIpc) is 2.74. The topological polar surface area (TPSA) is 57.4 Å². The summed E-state index contributed by atoms with van der Waals surface area (Å²) in [6.07, 6.45) is -4.78. The number of rotatable bonds is 3. The van der Waals surface area contributed by atoms with E-state index in [0.717, 1.165) is 0 Å². The molecule has 1 aromatic carbocycles. The standard InChI is InChI=1S/C11H9F3N2O2S/c1-17-8-3-2-6(7-5-19-10(15)16-7)4-9(8)18-11(12,13)14/h2-5H,1H3,(H2,15,16). The Kier molecular flexibility index (Phi) is 3.52. The number of alkyl halides is 3. The maximum atomic E-state index is 12.3. The molecule has 0 saturated heterocycles. The van der Waals surface area contributed by atoms with Crippen molar-refractivity contribution in [1.29, 1.82) is 0 Å². The molecule has 1 aromatic heterocycles. The Morgan fingerprint density at radius 2 is 2.00 bits per heavy atom. The van der Waals surface area contributed by atoms with Crippen molar-refractivity contribution < 1.29 is 22.6 Å². The molecule has 2 N–H and O–H groups in total. The Morgan fingerprint density at radius 3 is 2.53 bits per heavy atom. The molecule has 0 atom stereocenters. The molecule has 1 heterocycles. The van der Waals surface area contributed by atoms with Crippen molar-refractivity contribution in [2.45, 2.75) is 6.36 Å². The maximum absolute atomic E-state index is 12.3. The Balaban J connectivity index is 2.40. The van der Waals surface area contributed by atoms with Gasteiger partial charge in [-0.05, 0) is 18.2 Å². The van der Waals surface area contributed by atoms with E-state index in [-0.39, 0.29) is 5.75 Å². The van der Waals surface area contributed by atoms with Crippen LogP contribution in [0.1, 0.15) is 0 Å². The summed E-state index contributed by atoms with van der Waals surface area (Å²) in [5, 5.41) is 1.98. The van der Waals surface area contributed by atoms with E-state index in [4.69, 9.17) is 10.5 Å². The highest BCUT2D eigenvalue weighted by Gasteiger charge is 2.32. The van der Waals surface area contributed by atoms with Gasteiger partial charge in [-0.15, -0.1) is 24.5 Å². The van der Waals surface area contributed by atoms with Gasteiger partial charge < -0.3 is 15.2 Å². The van der Waals surface area contributed by atoms with Crippen LogP contribution >= 0.6 is 11.3 Å². The largest absolute Gasteiger partial charge is 0.573 e. The lowest BCUT2D eigenvalue weighted by molar-refractivity contribution is -0.275. The van der Waals surface area contributed by atoms with Crippen molar-refractivity contribution in [3.63, 3.8) is 0 Å².